The van der Waals surface area contributed by atoms with Gasteiger partial charge in [-0.05, 0) is 37.7 Å². The number of hydrogen-bond acceptors (Lipinski definition) is 3. The second-order valence-electron chi connectivity index (χ2n) is 3.46. The van der Waals surface area contributed by atoms with Crippen LogP contribution < -0.4 is 15.4 Å². The van der Waals surface area contributed by atoms with Crippen molar-refractivity contribution in [3.8, 4) is 5.75 Å². The highest BCUT2D eigenvalue weighted by Crippen LogP contribution is 2.12. The molecule has 4 nitrogen and oxygen atoms in total. The monoisotopic (exact) mass is 222 g/mol. The standard InChI is InChI=1S/C12H18N2O2/c1-13-8-7-10-3-5-11(6-4-10)16-9-12(15)14-2/h3-6,13H,7-9H2,1-2H3,(H,14,15). The third-order valence-corrected chi connectivity index (χ3v) is 2.24. The van der Waals surface area contributed by atoms with E-state index >= 15 is 0 Å². The SMILES string of the molecule is CNCCc1ccc(OCC(=O)NC)cc1. The van der Waals surface area contributed by atoms with Gasteiger partial charge in [0.05, 0.1) is 0 Å². The van der Waals surface area contributed by atoms with Gasteiger partial charge in [-0.1, -0.05) is 12.1 Å². The zero-order chi connectivity index (χ0) is 11.8. The molecule has 0 aromatic heterocycles. The maximum Gasteiger partial charge on any atom is 0.257 e. The molecule has 1 aromatic rings. The molecular weight excluding hydrogens is 204 g/mol. The number of amides is 1. The Morgan fingerprint density at radius 1 is 1.25 bits per heavy atom. The lowest BCUT2D eigenvalue weighted by Gasteiger charge is -2.06. The molecule has 4 heteroatoms. The summed E-state index contributed by atoms with van der Waals surface area (Å²) >= 11 is 0. The summed E-state index contributed by atoms with van der Waals surface area (Å²) < 4.78 is 5.29. The summed E-state index contributed by atoms with van der Waals surface area (Å²) in [5.74, 6) is 0.594. The first-order valence-electron chi connectivity index (χ1n) is 5.33. The van der Waals surface area contributed by atoms with Crippen LogP contribution in [0.25, 0.3) is 0 Å². The van der Waals surface area contributed by atoms with E-state index in [2.05, 4.69) is 10.6 Å². The quantitative estimate of drug-likeness (QED) is 0.740. The van der Waals surface area contributed by atoms with Crippen LogP contribution >= 0.6 is 0 Å². The molecule has 0 heterocycles. The molecule has 0 unspecified atom stereocenters. The van der Waals surface area contributed by atoms with Crippen molar-refractivity contribution in [1.29, 1.82) is 0 Å². The summed E-state index contributed by atoms with van der Waals surface area (Å²) in [5, 5.41) is 5.60. The average Bonchev–Trinajstić information content (AvgIpc) is 2.34. The van der Waals surface area contributed by atoms with Crippen molar-refractivity contribution in [3.05, 3.63) is 29.8 Å². The number of rotatable bonds is 6. The summed E-state index contributed by atoms with van der Waals surface area (Å²) in [6.07, 6.45) is 0.992. The summed E-state index contributed by atoms with van der Waals surface area (Å²) in [6, 6.07) is 7.79. The van der Waals surface area contributed by atoms with Gasteiger partial charge in [-0.2, -0.15) is 0 Å². The van der Waals surface area contributed by atoms with Crippen molar-refractivity contribution >= 4 is 5.91 Å². The Morgan fingerprint density at radius 2 is 1.94 bits per heavy atom. The van der Waals surface area contributed by atoms with E-state index in [0.717, 1.165) is 18.7 Å². The lowest BCUT2D eigenvalue weighted by atomic mass is 10.1. The topological polar surface area (TPSA) is 50.4 Å². The van der Waals surface area contributed by atoms with Crippen molar-refractivity contribution in [2.24, 2.45) is 0 Å². The van der Waals surface area contributed by atoms with Gasteiger partial charge in [0, 0.05) is 7.05 Å². The minimum absolute atomic E-state index is 0.0619. The van der Waals surface area contributed by atoms with E-state index < -0.39 is 0 Å². The Hall–Kier alpha value is -1.55. The Bertz CT molecular complexity index is 322. The molecule has 0 atom stereocenters. The molecule has 0 bridgehead atoms. The molecule has 0 saturated heterocycles. The first-order valence-corrected chi connectivity index (χ1v) is 5.33. The van der Waals surface area contributed by atoms with Crippen molar-refractivity contribution in [2.45, 2.75) is 6.42 Å². The van der Waals surface area contributed by atoms with Gasteiger partial charge in [0.15, 0.2) is 6.61 Å². The van der Waals surface area contributed by atoms with Gasteiger partial charge >= 0.3 is 0 Å². The predicted octanol–water partition coefficient (Wildman–Crippen LogP) is 0.573. The number of hydrogen-bond donors (Lipinski definition) is 2. The third kappa shape index (κ3) is 4.31. The zero-order valence-electron chi connectivity index (χ0n) is 9.75. The molecule has 0 radical (unpaired) electrons. The maximum absolute atomic E-state index is 10.9. The third-order valence-electron chi connectivity index (χ3n) is 2.24. The molecule has 0 aliphatic heterocycles. The molecule has 16 heavy (non-hydrogen) atoms. The number of likely N-dealkylation sites (N-methyl/N-ethyl adjacent to an activating group) is 2. The zero-order valence-corrected chi connectivity index (χ0v) is 9.75. The Labute approximate surface area is 96.0 Å². The molecule has 1 rings (SSSR count). The fraction of sp³-hybridized carbons (Fsp3) is 0.417. The maximum atomic E-state index is 10.9. The molecule has 0 aliphatic rings. The molecule has 2 N–H and O–H groups in total. The van der Waals surface area contributed by atoms with Crippen LogP contribution in [0.3, 0.4) is 0 Å². The van der Waals surface area contributed by atoms with Crippen LogP contribution in [0.15, 0.2) is 24.3 Å². The van der Waals surface area contributed by atoms with Gasteiger partial charge < -0.3 is 15.4 Å². The van der Waals surface area contributed by atoms with Crippen LogP contribution in [-0.2, 0) is 11.2 Å². The van der Waals surface area contributed by atoms with Gasteiger partial charge in [-0.25, -0.2) is 0 Å². The normalized spacial score (nSPS) is 9.88. The molecule has 0 aliphatic carbocycles. The highest BCUT2D eigenvalue weighted by molar-refractivity contribution is 5.77. The molecular formula is C12H18N2O2. The Morgan fingerprint density at radius 3 is 2.50 bits per heavy atom. The first-order chi connectivity index (χ1) is 7.76. The molecule has 0 spiro atoms. The number of ether oxygens (including phenoxy) is 1. The van der Waals surface area contributed by atoms with Gasteiger partial charge in [-0.15, -0.1) is 0 Å². The number of benzene rings is 1. The van der Waals surface area contributed by atoms with Gasteiger partial charge in [0.25, 0.3) is 5.91 Å². The van der Waals surface area contributed by atoms with E-state index in [1.165, 1.54) is 5.56 Å². The lowest BCUT2D eigenvalue weighted by molar-refractivity contribution is -0.122. The largest absolute Gasteiger partial charge is 0.484 e. The first kappa shape index (κ1) is 12.5. The molecule has 0 saturated carbocycles. The van der Waals surface area contributed by atoms with Crippen LogP contribution in [0.4, 0.5) is 0 Å². The van der Waals surface area contributed by atoms with E-state index in [1.807, 2.05) is 31.3 Å². The summed E-state index contributed by atoms with van der Waals surface area (Å²) in [6.45, 7) is 1.02. The van der Waals surface area contributed by atoms with E-state index in [4.69, 9.17) is 4.74 Å². The second-order valence-corrected chi connectivity index (χ2v) is 3.46. The highest BCUT2D eigenvalue weighted by atomic mass is 16.5. The van der Waals surface area contributed by atoms with E-state index in [9.17, 15) is 4.79 Å². The molecule has 0 fully saturated rings. The van der Waals surface area contributed by atoms with Crippen molar-refractivity contribution in [1.82, 2.24) is 10.6 Å². The van der Waals surface area contributed by atoms with Crippen LogP contribution in [0.5, 0.6) is 5.75 Å². The Balaban J connectivity index is 2.41. The molecule has 88 valence electrons. The number of carbonyl (C=O) groups excluding carboxylic acids is 1. The fourth-order valence-corrected chi connectivity index (χ4v) is 1.24. The minimum Gasteiger partial charge on any atom is -0.484 e. The minimum atomic E-state index is -0.126. The lowest BCUT2D eigenvalue weighted by Crippen LogP contribution is -2.24. The summed E-state index contributed by atoms with van der Waals surface area (Å²) in [5.41, 5.74) is 1.25. The molecule has 1 aromatic carbocycles. The van der Waals surface area contributed by atoms with Crippen LogP contribution in [0.2, 0.25) is 0 Å². The Kier molecular flexibility index (Phi) is 5.36. The molecule has 1 amide bonds. The smallest absolute Gasteiger partial charge is 0.257 e. The van der Waals surface area contributed by atoms with Gasteiger partial charge in [0.1, 0.15) is 5.75 Å². The fourth-order valence-electron chi connectivity index (χ4n) is 1.24. The van der Waals surface area contributed by atoms with Gasteiger partial charge in [0.2, 0.25) is 0 Å². The van der Waals surface area contributed by atoms with Crippen molar-refractivity contribution in [3.63, 3.8) is 0 Å². The average molecular weight is 222 g/mol. The summed E-state index contributed by atoms with van der Waals surface area (Å²) in [7, 11) is 3.52. The van der Waals surface area contributed by atoms with E-state index in [0.29, 0.717) is 0 Å². The van der Waals surface area contributed by atoms with E-state index in [1.54, 1.807) is 7.05 Å². The van der Waals surface area contributed by atoms with Crippen LogP contribution in [0.1, 0.15) is 5.56 Å². The van der Waals surface area contributed by atoms with Gasteiger partial charge in [-0.3, -0.25) is 4.79 Å². The second kappa shape index (κ2) is 6.85. The van der Waals surface area contributed by atoms with Crippen molar-refractivity contribution in [2.75, 3.05) is 27.2 Å². The number of nitrogens with one attached hydrogen (secondary N) is 2. The van der Waals surface area contributed by atoms with Crippen LogP contribution in [-0.4, -0.2) is 33.2 Å². The van der Waals surface area contributed by atoms with E-state index in [-0.39, 0.29) is 12.5 Å². The van der Waals surface area contributed by atoms with Crippen molar-refractivity contribution < 1.29 is 9.53 Å². The van der Waals surface area contributed by atoms with Crippen LogP contribution in [0, 0.1) is 0 Å². The summed E-state index contributed by atoms with van der Waals surface area (Å²) in [4.78, 5) is 10.9. The number of carbonyl (C=O) groups is 1. The predicted molar refractivity (Wildman–Crippen MR) is 63.6 cm³/mol. The highest BCUT2D eigenvalue weighted by Gasteiger charge is 1.99.